The van der Waals surface area contributed by atoms with Gasteiger partial charge in [0.25, 0.3) is 0 Å². The zero-order chi connectivity index (χ0) is 11.3. The SMILES string of the molecule is CCCCC(=O)OC1CSCC1C(=O)O. The molecule has 1 heterocycles. The molecule has 4 nitrogen and oxygen atoms in total. The highest BCUT2D eigenvalue weighted by atomic mass is 32.2. The van der Waals surface area contributed by atoms with Crippen LogP contribution >= 0.6 is 11.8 Å². The third kappa shape index (κ3) is 3.74. The summed E-state index contributed by atoms with van der Waals surface area (Å²) in [6, 6.07) is 0. The zero-order valence-corrected chi connectivity index (χ0v) is 9.59. The number of carboxylic acids is 1. The van der Waals surface area contributed by atoms with Crippen LogP contribution in [0.25, 0.3) is 0 Å². The lowest BCUT2D eigenvalue weighted by atomic mass is 10.1. The summed E-state index contributed by atoms with van der Waals surface area (Å²) in [4.78, 5) is 22.1. The molecule has 1 saturated heterocycles. The van der Waals surface area contributed by atoms with Crippen LogP contribution in [0.5, 0.6) is 0 Å². The van der Waals surface area contributed by atoms with E-state index in [-0.39, 0.29) is 5.97 Å². The lowest BCUT2D eigenvalue weighted by molar-refractivity contribution is -0.155. The first-order valence-corrected chi connectivity index (χ1v) is 6.30. The number of aliphatic carboxylic acids is 1. The van der Waals surface area contributed by atoms with Gasteiger partial charge in [-0.3, -0.25) is 9.59 Å². The molecule has 0 aromatic heterocycles. The fourth-order valence-corrected chi connectivity index (χ4v) is 2.71. The van der Waals surface area contributed by atoms with Gasteiger partial charge in [0.2, 0.25) is 0 Å². The van der Waals surface area contributed by atoms with Crippen LogP contribution in [-0.4, -0.2) is 34.7 Å². The monoisotopic (exact) mass is 232 g/mol. The highest BCUT2D eigenvalue weighted by Gasteiger charge is 2.36. The van der Waals surface area contributed by atoms with E-state index in [2.05, 4.69) is 0 Å². The van der Waals surface area contributed by atoms with E-state index in [0.717, 1.165) is 12.8 Å². The lowest BCUT2D eigenvalue weighted by Gasteiger charge is -2.15. The number of esters is 1. The topological polar surface area (TPSA) is 63.6 Å². The molecule has 0 aromatic rings. The molecule has 86 valence electrons. The lowest BCUT2D eigenvalue weighted by Crippen LogP contribution is -2.31. The minimum Gasteiger partial charge on any atom is -0.481 e. The van der Waals surface area contributed by atoms with Gasteiger partial charge in [0.15, 0.2) is 0 Å². The van der Waals surface area contributed by atoms with E-state index < -0.39 is 18.0 Å². The van der Waals surface area contributed by atoms with Crippen molar-refractivity contribution in [1.29, 1.82) is 0 Å². The number of unbranched alkanes of at least 4 members (excludes halogenated alkanes) is 1. The molecule has 0 bridgehead atoms. The fraction of sp³-hybridized carbons (Fsp3) is 0.800. The van der Waals surface area contributed by atoms with Gasteiger partial charge in [0, 0.05) is 17.9 Å². The molecule has 15 heavy (non-hydrogen) atoms. The molecule has 5 heteroatoms. The van der Waals surface area contributed by atoms with Gasteiger partial charge in [0.1, 0.15) is 12.0 Å². The molecule has 0 spiro atoms. The summed E-state index contributed by atoms with van der Waals surface area (Å²) in [5, 5.41) is 8.87. The molecule has 2 atom stereocenters. The number of ether oxygens (including phenoxy) is 1. The second-order valence-corrected chi connectivity index (χ2v) is 4.69. The Labute approximate surface area is 93.4 Å². The number of carbonyl (C=O) groups is 2. The Morgan fingerprint density at radius 2 is 2.20 bits per heavy atom. The molecule has 0 saturated carbocycles. The van der Waals surface area contributed by atoms with Crippen molar-refractivity contribution in [3.05, 3.63) is 0 Å². The third-order valence-electron chi connectivity index (χ3n) is 2.36. The first-order valence-electron chi connectivity index (χ1n) is 5.15. The van der Waals surface area contributed by atoms with Crippen molar-refractivity contribution in [2.75, 3.05) is 11.5 Å². The summed E-state index contributed by atoms with van der Waals surface area (Å²) in [5.41, 5.74) is 0. The Morgan fingerprint density at radius 1 is 1.47 bits per heavy atom. The zero-order valence-electron chi connectivity index (χ0n) is 8.77. The highest BCUT2D eigenvalue weighted by molar-refractivity contribution is 7.99. The van der Waals surface area contributed by atoms with Crippen molar-refractivity contribution in [3.63, 3.8) is 0 Å². The van der Waals surface area contributed by atoms with Crippen molar-refractivity contribution in [3.8, 4) is 0 Å². The largest absolute Gasteiger partial charge is 0.481 e. The first-order chi connectivity index (χ1) is 7.15. The van der Waals surface area contributed by atoms with Gasteiger partial charge < -0.3 is 9.84 Å². The van der Waals surface area contributed by atoms with E-state index in [1.165, 1.54) is 11.8 Å². The maximum absolute atomic E-state index is 11.3. The molecule has 1 aliphatic heterocycles. The van der Waals surface area contributed by atoms with Gasteiger partial charge >= 0.3 is 11.9 Å². The Kier molecular flexibility index (Phi) is 4.94. The highest BCUT2D eigenvalue weighted by Crippen LogP contribution is 2.27. The van der Waals surface area contributed by atoms with Crippen molar-refractivity contribution in [2.45, 2.75) is 32.3 Å². The van der Waals surface area contributed by atoms with E-state index in [4.69, 9.17) is 9.84 Å². The predicted molar refractivity (Wildman–Crippen MR) is 57.9 cm³/mol. The van der Waals surface area contributed by atoms with Crippen molar-refractivity contribution in [1.82, 2.24) is 0 Å². The Hall–Kier alpha value is -0.710. The summed E-state index contributed by atoms with van der Waals surface area (Å²) < 4.78 is 5.15. The predicted octanol–water partition coefficient (Wildman–Crippen LogP) is 1.54. The van der Waals surface area contributed by atoms with Crippen LogP contribution in [-0.2, 0) is 14.3 Å². The van der Waals surface area contributed by atoms with Crippen LogP contribution in [0.4, 0.5) is 0 Å². The van der Waals surface area contributed by atoms with E-state index in [0.29, 0.717) is 17.9 Å². The molecule has 1 N–H and O–H groups in total. The van der Waals surface area contributed by atoms with Gasteiger partial charge in [-0.15, -0.1) is 0 Å². The first kappa shape index (κ1) is 12.4. The number of carboxylic acid groups (broad SMARTS) is 1. The van der Waals surface area contributed by atoms with Crippen molar-refractivity contribution < 1.29 is 19.4 Å². The van der Waals surface area contributed by atoms with Gasteiger partial charge in [-0.05, 0) is 6.42 Å². The maximum Gasteiger partial charge on any atom is 0.311 e. The number of carbonyl (C=O) groups excluding carboxylic acids is 1. The molecule has 0 aliphatic carbocycles. The fourth-order valence-electron chi connectivity index (χ4n) is 1.43. The van der Waals surface area contributed by atoms with Crippen LogP contribution in [0.15, 0.2) is 0 Å². The van der Waals surface area contributed by atoms with E-state index >= 15 is 0 Å². The smallest absolute Gasteiger partial charge is 0.311 e. The summed E-state index contributed by atoms with van der Waals surface area (Å²) >= 11 is 1.53. The molecule has 1 aliphatic rings. The Morgan fingerprint density at radius 3 is 2.80 bits per heavy atom. The average molecular weight is 232 g/mol. The minimum atomic E-state index is -0.867. The number of hydrogen-bond donors (Lipinski definition) is 1. The summed E-state index contributed by atoms with van der Waals surface area (Å²) in [6.07, 6.45) is 1.70. The van der Waals surface area contributed by atoms with Crippen LogP contribution in [0.3, 0.4) is 0 Å². The molecule has 0 aromatic carbocycles. The van der Waals surface area contributed by atoms with Gasteiger partial charge in [-0.25, -0.2) is 0 Å². The standard InChI is InChI=1S/C10H16O4S/c1-2-3-4-9(11)14-8-6-15-5-7(8)10(12)13/h7-8H,2-6H2,1H3,(H,12,13). The van der Waals surface area contributed by atoms with E-state index in [9.17, 15) is 9.59 Å². The van der Waals surface area contributed by atoms with Crippen LogP contribution in [0.2, 0.25) is 0 Å². The molecule has 1 rings (SSSR count). The van der Waals surface area contributed by atoms with Crippen LogP contribution in [0, 0.1) is 5.92 Å². The van der Waals surface area contributed by atoms with Crippen LogP contribution in [0.1, 0.15) is 26.2 Å². The van der Waals surface area contributed by atoms with Crippen molar-refractivity contribution >= 4 is 23.7 Å². The minimum absolute atomic E-state index is 0.268. The maximum atomic E-state index is 11.3. The molecule has 1 fully saturated rings. The second-order valence-electron chi connectivity index (χ2n) is 3.61. The third-order valence-corrected chi connectivity index (χ3v) is 3.52. The van der Waals surface area contributed by atoms with E-state index in [1.54, 1.807) is 0 Å². The van der Waals surface area contributed by atoms with E-state index in [1.807, 2.05) is 6.92 Å². The van der Waals surface area contributed by atoms with Gasteiger partial charge in [-0.2, -0.15) is 11.8 Å². The molecule has 0 radical (unpaired) electrons. The second kappa shape index (κ2) is 6.00. The van der Waals surface area contributed by atoms with Crippen molar-refractivity contribution in [2.24, 2.45) is 5.92 Å². The van der Waals surface area contributed by atoms with Gasteiger partial charge in [0.05, 0.1) is 0 Å². The summed E-state index contributed by atoms with van der Waals surface area (Å²) in [5.74, 6) is -0.514. The molecular formula is C10H16O4S. The number of thioether (sulfide) groups is 1. The van der Waals surface area contributed by atoms with Gasteiger partial charge in [-0.1, -0.05) is 13.3 Å². The molecular weight excluding hydrogens is 216 g/mol. The quantitative estimate of drug-likeness (QED) is 0.728. The molecule has 0 amide bonds. The van der Waals surface area contributed by atoms with Crippen LogP contribution < -0.4 is 0 Å². The normalized spacial score (nSPS) is 25.1. The Bertz CT molecular complexity index is 242. The molecule has 2 unspecified atom stereocenters. The summed E-state index contributed by atoms with van der Waals surface area (Å²) in [7, 11) is 0. The number of hydrogen-bond acceptors (Lipinski definition) is 4. The number of rotatable bonds is 5. The average Bonchev–Trinajstić information content (AvgIpc) is 2.62. The Balaban J connectivity index is 2.36. The summed E-state index contributed by atoms with van der Waals surface area (Å²) in [6.45, 7) is 2.00.